The average Bonchev–Trinajstić information content (AvgIpc) is 2.84. The lowest BCUT2D eigenvalue weighted by atomic mass is 9.76. The van der Waals surface area contributed by atoms with Crippen molar-refractivity contribution in [2.75, 3.05) is 0 Å². The van der Waals surface area contributed by atoms with Gasteiger partial charge in [0.2, 0.25) is 0 Å². The summed E-state index contributed by atoms with van der Waals surface area (Å²) in [6.45, 7) is 2.19. The molecule has 1 saturated carbocycles. The first kappa shape index (κ1) is 13.1. The van der Waals surface area contributed by atoms with E-state index in [1.165, 1.54) is 6.42 Å². The lowest BCUT2D eigenvalue weighted by Crippen LogP contribution is -2.41. The number of nitrogens with one attached hydrogen (secondary N) is 3. The Labute approximate surface area is 115 Å². The van der Waals surface area contributed by atoms with Gasteiger partial charge in [-0.3, -0.25) is 14.8 Å². The highest BCUT2D eigenvalue weighted by molar-refractivity contribution is 5.68. The number of nitrogens with two attached hydrogens (primary N) is 1. The standard InChI is InChI=1S/C13H19N5O2/c1-2-7-3-5-13(14,6-4-7)11-15-8-9(16-11)17-12(20)18-10(8)19/h7H,2-6,14H2,1H3,(H3,15,16,17,18,19,20). The molecule has 0 saturated heterocycles. The number of nitrogens with zero attached hydrogens (tertiary/aromatic N) is 1. The van der Waals surface area contributed by atoms with Crippen molar-refractivity contribution in [2.45, 2.75) is 44.6 Å². The maximum Gasteiger partial charge on any atom is 0.327 e. The largest absolute Gasteiger partial charge is 0.335 e. The Morgan fingerprint density at radius 2 is 1.95 bits per heavy atom. The van der Waals surface area contributed by atoms with Crippen LogP contribution in [-0.2, 0) is 5.54 Å². The van der Waals surface area contributed by atoms with Crippen LogP contribution in [0.3, 0.4) is 0 Å². The highest BCUT2D eigenvalue weighted by Gasteiger charge is 2.35. The topological polar surface area (TPSA) is 120 Å². The van der Waals surface area contributed by atoms with E-state index in [9.17, 15) is 9.59 Å². The van der Waals surface area contributed by atoms with Crippen LogP contribution in [0.15, 0.2) is 9.59 Å². The minimum atomic E-state index is -0.554. The van der Waals surface area contributed by atoms with Gasteiger partial charge in [0.25, 0.3) is 5.56 Å². The van der Waals surface area contributed by atoms with Gasteiger partial charge in [-0.1, -0.05) is 13.3 Å². The van der Waals surface area contributed by atoms with E-state index in [4.69, 9.17) is 5.73 Å². The summed E-state index contributed by atoms with van der Waals surface area (Å²) >= 11 is 0. The van der Waals surface area contributed by atoms with Crippen molar-refractivity contribution in [3.05, 3.63) is 26.7 Å². The van der Waals surface area contributed by atoms with Crippen LogP contribution in [-0.4, -0.2) is 19.9 Å². The third-order valence-corrected chi connectivity index (χ3v) is 4.44. The molecule has 1 aliphatic carbocycles. The second-order valence-electron chi connectivity index (χ2n) is 5.73. The molecule has 0 radical (unpaired) electrons. The highest BCUT2D eigenvalue weighted by atomic mass is 16.2. The summed E-state index contributed by atoms with van der Waals surface area (Å²) in [5.74, 6) is 1.31. The zero-order valence-electron chi connectivity index (χ0n) is 11.5. The summed E-state index contributed by atoms with van der Waals surface area (Å²) < 4.78 is 0. The zero-order valence-corrected chi connectivity index (χ0v) is 11.5. The minimum Gasteiger partial charge on any atom is -0.335 e. The van der Waals surface area contributed by atoms with Gasteiger partial charge in [0, 0.05) is 0 Å². The Hall–Kier alpha value is -1.89. The quantitative estimate of drug-likeness (QED) is 0.645. The monoisotopic (exact) mass is 277 g/mol. The second-order valence-corrected chi connectivity index (χ2v) is 5.73. The van der Waals surface area contributed by atoms with E-state index in [1.807, 2.05) is 0 Å². The van der Waals surface area contributed by atoms with Gasteiger partial charge < -0.3 is 10.7 Å². The number of fused-ring (bicyclic) bond motifs is 1. The number of hydrogen-bond donors (Lipinski definition) is 4. The lowest BCUT2D eigenvalue weighted by molar-refractivity contribution is 0.223. The summed E-state index contributed by atoms with van der Waals surface area (Å²) in [6.07, 6.45) is 4.98. The molecular formula is C13H19N5O2. The van der Waals surface area contributed by atoms with Crippen molar-refractivity contribution in [3.8, 4) is 0 Å². The van der Waals surface area contributed by atoms with Crippen molar-refractivity contribution < 1.29 is 0 Å². The van der Waals surface area contributed by atoms with Crippen molar-refractivity contribution in [3.63, 3.8) is 0 Å². The third kappa shape index (κ3) is 2.07. The fraction of sp³-hybridized carbons (Fsp3) is 0.615. The summed E-state index contributed by atoms with van der Waals surface area (Å²) in [7, 11) is 0. The van der Waals surface area contributed by atoms with Gasteiger partial charge in [-0.05, 0) is 31.6 Å². The van der Waals surface area contributed by atoms with E-state index in [2.05, 4.69) is 26.9 Å². The van der Waals surface area contributed by atoms with Crippen LogP contribution in [0.5, 0.6) is 0 Å². The summed E-state index contributed by atoms with van der Waals surface area (Å²) in [4.78, 5) is 35.0. The number of aromatic nitrogens is 4. The molecule has 3 rings (SSSR count). The molecule has 0 aromatic carbocycles. The number of hydrogen-bond acceptors (Lipinski definition) is 4. The van der Waals surface area contributed by atoms with Gasteiger partial charge in [0.05, 0.1) is 5.54 Å². The van der Waals surface area contributed by atoms with Gasteiger partial charge in [0.1, 0.15) is 11.3 Å². The Bertz CT molecular complexity index is 733. The lowest BCUT2D eigenvalue weighted by Gasteiger charge is -2.35. The van der Waals surface area contributed by atoms with E-state index >= 15 is 0 Å². The highest BCUT2D eigenvalue weighted by Crippen LogP contribution is 2.37. The van der Waals surface area contributed by atoms with Crippen molar-refractivity contribution >= 4 is 11.2 Å². The van der Waals surface area contributed by atoms with Crippen molar-refractivity contribution in [2.24, 2.45) is 11.7 Å². The first-order valence-electron chi connectivity index (χ1n) is 7.03. The summed E-state index contributed by atoms with van der Waals surface area (Å²) in [5, 5.41) is 0. The van der Waals surface area contributed by atoms with Crippen LogP contribution in [0.2, 0.25) is 0 Å². The molecule has 0 bridgehead atoms. The fourth-order valence-electron chi connectivity index (χ4n) is 3.01. The van der Waals surface area contributed by atoms with Gasteiger partial charge in [-0.2, -0.15) is 0 Å². The molecule has 7 nitrogen and oxygen atoms in total. The molecule has 2 heterocycles. The van der Waals surface area contributed by atoms with Gasteiger partial charge >= 0.3 is 5.69 Å². The fourth-order valence-corrected chi connectivity index (χ4v) is 3.01. The molecule has 20 heavy (non-hydrogen) atoms. The Balaban J connectivity index is 2.00. The third-order valence-electron chi connectivity index (χ3n) is 4.44. The first-order valence-corrected chi connectivity index (χ1v) is 7.03. The molecule has 108 valence electrons. The maximum absolute atomic E-state index is 11.7. The normalized spacial score (nSPS) is 27.0. The molecular weight excluding hydrogens is 258 g/mol. The van der Waals surface area contributed by atoms with Crippen LogP contribution in [0.25, 0.3) is 11.2 Å². The number of aromatic amines is 3. The summed E-state index contributed by atoms with van der Waals surface area (Å²) in [5.41, 5.74) is 5.45. The van der Waals surface area contributed by atoms with Crippen LogP contribution in [0.4, 0.5) is 0 Å². The SMILES string of the molecule is CCC1CCC(N)(c2nc3[nH]c(=O)[nH]c(=O)c3[nH]2)CC1. The van der Waals surface area contributed by atoms with E-state index in [-0.39, 0.29) is 11.2 Å². The molecule has 7 heteroatoms. The van der Waals surface area contributed by atoms with Crippen molar-refractivity contribution in [1.82, 2.24) is 19.9 Å². The minimum absolute atomic E-state index is 0.274. The van der Waals surface area contributed by atoms with Crippen LogP contribution < -0.4 is 17.0 Å². The number of rotatable bonds is 2. The maximum atomic E-state index is 11.7. The van der Waals surface area contributed by atoms with Gasteiger partial charge in [-0.15, -0.1) is 0 Å². The van der Waals surface area contributed by atoms with Gasteiger partial charge in [0.15, 0.2) is 5.65 Å². The molecule has 0 unspecified atom stereocenters. The molecule has 0 atom stereocenters. The molecule has 1 fully saturated rings. The first-order chi connectivity index (χ1) is 9.51. The van der Waals surface area contributed by atoms with E-state index in [0.717, 1.165) is 31.6 Å². The molecule has 5 N–H and O–H groups in total. The Morgan fingerprint density at radius 1 is 1.25 bits per heavy atom. The van der Waals surface area contributed by atoms with E-state index in [0.29, 0.717) is 5.82 Å². The van der Waals surface area contributed by atoms with Gasteiger partial charge in [-0.25, -0.2) is 9.78 Å². The van der Waals surface area contributed by atoms with Crippen LogP contribution >= 0.6 is 0 Å². The molecule has 0 spiro atoms. The number of H-pyrrole nitrogens is 3. The molecule has 2 aromatic rings. The van der Waals surface area contributed by atoms with Crippen molar-refractivity contribution in [1.29, 1.82) is 0 Å². The predicted octanol–water partition coefficient (Wildman–Crippen LogP) is 0.694. The van der Waals surface area contributed by atoms with E-state index in [1.54, 1.807) is 0 Å². The summed E-state index contributed by atoms with van der Waals surface area (Å²) in [6, 6.07) is 0. The smallest absolute Gasteiger partial charge is 0.327 e. The molecule has 0 aliphatic heterocycles. The number of imidazole rings is 1. The second kappa shape index (κ2) is 4.59. The molecule has 2 aromatic heterocycles. The molecule has 1 aliphatic rings. The van der Waals surface area contributed by atoms with Crippen LogP contribution in [0, 0.1) is 5.92 Å². The predicted molar refractivity (Wildman–Crippen MR) is 75.4 cm³/mol. The van der Waals surface area contributed by atoms with E-state index < -0.39 is 16.8 Å². The Morgan fingerprint density at radius 3 is 2.60 bits per heavy atom. The average molecular weight is 277 g/mol. The zero-order chi connectivity index (χ0) is 14.3. The molecule has 0 amide bonds. The van der Waals surface area contributed by atoms with Crippen LogP contribution in [0.1, 0.15) is 44.9 Å². The Kier molecular flexibility index (Phi) is 3.01.